The van der Waals surface area contributed by atoms with Crippen molar-refractivity contribution in [2.45, 2.75) is 59.2 Å². The van der Waals surface area contributed by atoms with E-state index in [9.17, 15) is 102 Å². The van der Waals surface area contributed by atoms with Gasteiger partial charge in [0.2, 0.25) is 0 Å². The molecule has 446 valence electrons. The van der Waals surface area contributed by atoms with E-state index in [4.69, 9.17) is 0 Å². The number of benzene rings is 1. The van der Waals surface area contributed by atoms with Crippen molar-refractivity contribution < 1.29 is 216 Å². The van der Waals surface area contributed by atoms with Gasteiger partial charge in [-0.2, -0.15) is 0 Å². The van der Waals surface area contributed by atoms with Crippen molar-refractivity contribution in [1.29, 1.82) is 0 Å². The van der Waals surface area contributed by atoms with Crippen molar-refractivity contribution in [2.75, 3.05) is 82.9 Å². The Morgan fingerprint density at radius 3 is 1.14 bits per heavy atom. The van der Waals surface area contributed by atoms with Gasteiger partial charge in [0, 0.05) is 46.8 Å². The van der Waals surface area contributed by atoms with Gasteiger partial charge in [0.15, 0.2) is 0 Å². The Morgan fingerprint density at radius 1 is 0.556 bits per heavy atom. The summed E-state index contributed by atoms with van der Waals surface area (Å²) in [6, 6.07) is 10.6. The van der Waals surface area contributed by atoms with Crippen LogP contribution in [-0.4, -0.2) is 194 Å². The van der Waals surface area contributed by atoms with Crippen LogP contribution in [-0.2, 0) is 105 Å². The Morgan fingerprint density at radius 2 is 0.864 bits per heavy atom. The van der Waals surface area contributed by atoms with Crippen LogP contribution in [0.5, 0.6) is 0 Å². The third kappa shape index (κ3) is 81.6. The molecule has 0 amide bonds. The molecule has 0 N–H and O–H groups in total. The fraction of sp³-hybridized carbons (Fsp3) is 0.512. The van der Waals surface area contributed by atoms with E-state index >= 15 is 0 Å². The van der Waals surface area contributed by atoms with Crippen LogP contribution < -0.4 is 86.1 Å². The standard InChI is InChI=1S/C10H16N.C8H12F2O5S.C8H13FO5S.2C6H10O5S.C5H8O5S.3Li.Na/c1-11(2,3)9-10-7-5-4-6-8-10;1-6(2)7(11)15-4-3-8(9,10)5-16(12,13)14;1-6(2)8(10)14-4-3-7(9)5-15(11,12)13;2*1-5(2)6(7)11-3-4-12(8,9)10;1-2-5(6)10-3-4-11(7,8)9;;;;/h4-8H,9H2,1-3H3;1,3-5H2,2H3,(H,12,13,14);7H,1,3-5H2,2H3,(H,11,12,13);2*1,3-4H2,2H3,(H,8,9,10);2H,1,3-4H2,(H,7,8,9);;;;/q+1;;;;;;4*+1/p-5. The van der Waals surface area contributed by atoms with Crippen LogP contribution in [0.3, 0.4) is 0 Å². The number of halogens is 3. The Labute approximate surface area is 531 Å². The first-order valence-electron chi connectivity index (χ1n) is 21.1. The molecule has 0 spiro atoms. The molecular formula is C43H64F3Li3NNaO25S5. The van der Waals surface area contributed by atoms with E-state index in [1.165, 1.54) is 33.3 Å². The molecule has 0 aliphatic rings. The van der Waals surface area contributed by atoms with Gasteiger partial charge in [-0.05, 0) is 27.7 Å². The Hall–Kier alpha value is -2.64. The van der Waals surface area contributed by atoms with Gasteiger partial charge in [0.05, 0.1) is 97.8 Å². The molecule has 1 unspecified atom stereocenters. The van der Waals surface area contributed by atoms with Crippen LogP contribution in [0.25, 0.3) is 0 Å². The normalized spacial score (nSPS) is 11.1. The quantitative estimate of drug-likeness (QED) is 0.0208. The summed E-state index contributed by atoms with van der Waals surface area (Å²) in [6.45, 7) is 20.6. The minimum absolute atomic E-state index is 0. The zero-order valence-corrected chi connectivity index (χ0v) is 53.2. The number of carbonyl (C=O) groups excluding carboxylic acids is 5. The van der Waals surface area contributed by atoms with Gasteiger partial charge in [0.1, 0.15) is 48.4 Å². The van der Waals surface area contributed by atoms with Gasteiger partial charge in [-0.3, -0.25) is 0 Å². The van der Waals surface area contributed by atoms with Crippen molar-refractivity contribution >= 4 is 80.4 Å². The van der Waals surface area contributed by atoms with Gasteiger partial charge in [-0.1, -0.05) is 63.2 Å². The summed E-state index contributed by atoms with van der Waals surface area (Å²) in [5.74, 6) is -12.4. The molecule has 0 fully saturated rings. The molecule has 0 aliphatic carbocycles. The number of hydrogen-bond acceptors (Lipinski definition) is 25. The molecule has 0 aromatic heterocycles. The van der Waals surface area contributed by atoms with E-state index in [1.54, 1.807) is 0 Å². The van der Waals surface area contributed by atoms with Crippen LogP contribution in [0.1, 0.15) is 46.1 Å². The fourth-order valence-electron chi connectivity index (χ4n) is 3.61. The number of carbonyl (C=O) groups is 5. The van der Waals surface area contributed by atoms with E-state index in [1.807, 2.05) is 0 Å². The summed E-state index contributed by atoms with van der Waals surface area (Å²) in [6.07, 6.45) is -2.27. The first kappa shape index (κ1) is 97.5. The Balaban J connectivity index is -0.000000109. The summed E-state index contributed by atoms with van der Waals surface area (Å²) >= 11 is 0. The summed E-state index contributed by atoms with van der Waals surface area (Å²) in [5.41, 5.74) is 1.94. The van der Waals surface area contributed by atoms with Crippen LogP contribution >= 0.6 is 0 Å². The van der Waals surface area contributed by atoms with E-state index in [2.05, 4.69) is 108 Å². The molecule has 0 saturated carbocycles. The predicted octanol–water partition coefficient (Wildman–Crippen LogP) is -10.5. The summed E-state index contributed by atoms with van der Waals surface area (Å²) in [4.78, 5) is 53.0. The van der Waals surface area contributed by atoms with Gasteiger partial charge in [0.25, 0.3) is 5.92 Å². The zero-order chi connectivity index (χ0) is 61.8. The predicted molar refractivity (Wildman–Crippen MR) is 264 cm³/mol. The molecule has 81 heavy (non-hydrogen) atoms. The van der Waals surface area contributed by atoms with Crippen LogP contribution in [0, 0.1) is 0 Å². The summed E-state index contributed by atoms with van der Waals surface area (Å²) < 4.78 is 212. The fourth-order valence-corrected chi connectivity index (χ4v) is 5.74. The molecule has 0 bridgehead atoms. The number of rotatable bonds is 26. The number of esters is 5. The van der Waals surface area contributed by atoms with Gasteiger partial charge < -0.3 is 50.9 Å². The largest absolute Gasteiger partial charge is 1.00 e. The van der Waals surface area contributed by atoms with Gasteiger partial charge >= 0.3 is 116 Å². The van der Waals surface area contributed by atoms with Crippen molar-refractivity contribution in [3.63, 3.8) is 0 Å². The second-order valence-electron chi connectivity index (χ2n) is 16.2. The van der Waals surface area contributed by atoms with E-state index < -0.39 is 154 Å². The van der Waals surface area contributed by atoms with Crippen molar-refractivity contribution in [1.82, 2.24) is 0 Å². The third-order valence-corrected chi connectivity index (χ3v) is 10.5. The van der Waals surface area contributed by atoms with Crippen molar-refractivity contribution in [3.05, 3.63) is 97.2 Å². The zero-order valence-electron chi connectivity index (χ0n) is 47.1. The molecule has 0 aliphatic heterocycles. The maximum atomic E-state index is 12.8. The minimum atomic E-state index is -5.01. The molecular weight excluding hydrogens is 1190 g/mol. The SMILES string of the molecule is C=C(C)C(=O)OCCC(F)(F)CS(=O)(=O)[O-].C=C(C)C(=O)OCCC(F)CS(=O)(=O)[O-].C=C(C)C(=O)OCCS(=O)(=O)[O-].C=C(C)C(=O)OCCS(=O)(=O)[O-].C=CC(=O)OCCS(=O)(=O)[O-].C[N+](C)(C)Cc1ccccc1.[Li+].[Li+].[Li+].[Na+]. The molecule has 0 saturated heterocycles. The average molecular weight is 1260 g/mol. The maximum Gasteiger partial charge on any atom is 1.00 e. The first-order valence-corrected chi connectivity index (χ1v) is 29.0. The molecule has 1 aromatic carbocycles. The number of quaternary nitrogens is 1. The van der Waals surface area contributed by atoms with Crippen LogP contribution in [0.4, 0.5) is 13.2 Å². The van der Waals surface area contributed by atoms with E-state index in [-0.39, 0.29) is 121 Å². The maximum absolute atomic E-state index is 12.8. The molecule has 0 radical (unpaired) electrons. The second-order valence-corrected chi connectivity index (χ2v) is 23.6. The smallest absolute Gasteiger partial charge is 0.748 e. The minimum Gasteiger partial charge on any atom is -0.748 e. The molecule has 38 heteroatoms. The molecule has 1 aromatic rings. The molecule has 1 rings (SSSR count). The van der Waals surface area contributed by atoms with Crippen molar-refractivity contribution in [2.24, 2.45) is 0 Å². The average Bonchev–Trinajstić information content (AvgIpc) is 3.21. The van der Waals surface area contributed by atoms with Crippen LogP contribution in [0.15, 0.2) is 91.6 Å². The van der Waals surface area contributed by atoms with E-state index in [0.29, 0.717) is 0 Å². The Bertz CT molecular complexity index is 2640. The monoisotopic (exact) mass is 1260 g/mol. The molecule has 0 heterocycles. The first-order chi connectivity index (χ1) is 34.4. The number of ether oxygens (including phenoxy) is 5. The summed E-state index contributed by atoms with van der Waals surface area (Å²) in [7, 11) is -15.9. The van der Waals surface area contributed by atoms with E-state index in [0.717, 1.165) is 17.1 Å². The number of alkyl halides is 3. The molecule has 1 atom stereocenters. The third-order valence-electron chi connectivity index (χ3n) is 6.91. The summed E-state index contributed by atoms with van der Waals surface area (Å²) in [5, 5.41) is 0. The number of nitrogens with zero attached hydrogens (tertiary/aromatic N) is 1. The Kier molecular flexibility index (Phi) is 58.5. The second kappa shape index (κ2) is 48.6. The van der Waals surface area contributed by atoms with Gasteiger partial charge in [-0.25, -0.2) is 79.2 Å². The van der Waals surface area contributed by atoms with Crippen molar-refractivity contribution in [3.8, 4) is 0 Å². The molecule has 26 nitrogen and oxygen atoms in total. The van der Waals surface area contributed by atoms with Gasteiger partial charge in [-0.15, -0.1) is 0 Å². The topological polar surface area (TPSA) is 418 Å². The van der Waals surface area contributed by atoms with Crippen LogP contribution in [0.2, 0.25) is 0 Å². The number of hydrogen-bond donors (Lipinski definition) is 0.